The predicted molar refractivity (Wildman–Crippen MR) is 55.6 cm³/mol. The van der Waals surface area contributed by atoms with Gasteiger partial charge in [0.1, 0.15) is 6.33 Å². The third kappa shape index (κ3) is 2.78. The van der Waals surface area contributed by atoms with Crippen molar-refractivity contribution in [2.24, 2.45) is 0 Å². The van der Waals surface area contributed by atoms with Crippen LogP contribution in [0.3, 0.4) is 0 Å². The quantitative estimate of drug-likeness (QED) is 0.560. The van der Waals surface area contributed by atoms with Crippen molar-refractivity contribution in [3.8, 4) is 11.8 Å². The van der Waals surface area contributed by atoms with Crippen LogP contribution in [-0.2, 0) is 0 Å². The van der Waals surface area contributed by atoms with Gasteiger partial charge in [-0.2, -0.15) is 9.97 Å². The SMILES string of the molecule is CCOc1ncnc(OC(C)C)c1[N+](=O)[O-]. The molecule has 0 atom stereocenters. The van der Waals surface area contributed by atoms with Crippen molar-refractivity contribution in [3.63, 3.8) is 0 Å². The molecular formula is C9H13N3O4. The van der Waals surface area contributed by atoms with E-state index >= 15 is 0 Å². The van der Waals surface area contributed by atoms with Crippen LogP contribution >= 0.6 is 0 Å². The zero-order valence-electron chi connectivity index (χ0n) is 9.34. The zero-order chi connectivity index (χ0) is 12.1. The fourth-order valence-corrected chi connectivity index (χ4v) is 1.06. The second kappa shape index (κ2) is 5.24. The molecule has 0 spiro atoms. The normalized spacial score (nSPS) is 10.2. The third-order valence-electron chi connectivity index (χ3n) is 1.57. The van der Waals surface area contributed by atoms with E-state index in [0.717, 1.165) is 0 Å². The molecule has 0 aromatic carbocycles. The van der Waals surface area contributed by atoms with Crippen LogP contribution in [0, 0.1) is 10.1 Å². The summed E-state index contributed by atoms with van der Waals surface area (Å²) in [6, 6.07) is 0. The van der Waals surface area contributed by atoms with Gasteiger partial charge in [-0.1, -0.05) is 0 Å². The molecule has 16 heavy (non-hydrogen) atoms. The number of ether oxygens (including phenoxy) is 2. The number of rotatable bonds is 5. The molecule has 1 aromatic heterocycles. The Balaban J connectivity index is 3.16. The third-order valence-corrected chi connectivity index (χ3v) is 1.57. The Morgan fingerprint density at radius 2 is 2.06 bits per heavy atom. The van der Waals surface area contributed by atoms with Crippen molar-refractivity contribution >= 4 is 5.69 Å². The van der Waals surface area contributed by atoms with E-state index in [-0.39, 0.29) is 23.6 Å². The van der Waals surface area contributed by atoms with E-state index in [1.165, 1.54) is 6.33 Å². The van der Waals surface area contributed by atoms with Crippen LogP contribution in [0.2, 0.25) is 0 Å². The maximum atomic E-state index is 10.9. The predicted octanol–water partition coefficient (Wildman–Crippen LogP) is 1.57. The van der Waals surface area contributed by atoms with E-state index in [0.29, 0.717) is 6.61 Å². The van der Waals surface area contributed by atoms with E-state index in [9.17, 15) is 10.1 Å². The lowest BCUT2D eigenvalue weighted by Gasteiger charge is -2.09. The van der Waals surface area contributed by atoms with Crippen LogP contribution in [0.5, 0.6) is 11.8 Å². The summed E-state index contributed by atoms with van der Waals surface area (Å²) in [6.07, 6.45) is 0.971. The molecule has 0 unspecified atom stereocenters. The number of nitro groups is 1. The highest BCUT2D eigenvalue weighted by Crippen LogP contribution is 2.32. The largest absolute Gasteiger partial charge is 0.473 e. The fraction of sp³-hybridized carbons (Fsp3) is 0.556. The first-order chi connectivity index (χ1) is 7.56. The molecule has 7 nitrogen and oxygen atoms in total. The monoisotopic (exact) mass is 227 g/mol. The highest BCUT2D eigenvalue weighted by Gasteiger charge is 2.26. The summed E-state index contributed by atoms with van der Waals surface area (Å²) in [5.74, 6) is -0.142. The second-order valence-electron chi connectivity index (χ2n) is 3.19. The van der Waals surface area contributed by atoms with Crippen LogP contribution in [0.15, 0.2) is 6.33 Å². The van der Waals surface area contributed by atoms with Crippen molar-refractivity contribution in [1.29, 1.82) is 0 Å². The molecule has 0 bridgehead atoms. The van der Waals surface area contributed by atoms with E-state index in [4.69, 9.17) is 9.47 Å². The van der Waals surface area contributed by atoms with Crippen molar-refractivity contribution in [2.45, 2.75) is 26.9 Å². The first-order valence-electron chi connectivity index (χ1n) is 4.85. The number of nitrogens with zero attached hydrogens (tertiary/aromatic N) is 3. The maximum absolute atomic E-state index is 10.9. The first-order valence-corrected chi connectivity index (χ1v) is 4.85. The topological polar surface area (TPSA) is 87.4 Å². The molecule has 0 radical (unpaired) electrons. The molecule has 1 rings (SSSR count). The smallest absolute Gasteiger partial charge is 0.392 e. The lowest BCUT2D eigenvalue weighted by atomic mass is 10.4. The summed E-state index contributed by atoms with van der Waals surface area (Å²) in [5, 5.41) is 10.9. The Morgan fingerprint density at radius 3 is 2.56 bits per heavy atom. The lowest BCUT2D eigenvalue weighted by Crippen LogP contribution is -2.10. The molecule has 1 aromatic rings. The van der Waals surface area contributed by atoms with Gasteiger partial charge in [0.15, 0.2) is 0 Å². The van der Waals surface area contributed by atoms with Crippen LogP contribution in [0.25, 0.3) is 0 Å². The van der Waals surface area contributed by atoms with Gasteiger partial charge in [0.2, 0.25) is 0 Å². The molecule has 0 N–H and O–H groups in total. The number of aromatic nitrogens is 2. The summed E-state index contributed by atoms with van der Waals surface area (Å²) in [4.78, 5) is 17.7. The first kappa shape index (κ1) is 12.2. The van der Waals surface area contributed by atoms with Gasteiger partial charge in [-0.05, 0) is 20.8 Å². The van der Waals surface area contributed by atoms with E-state index in [1.54, 1.807) is 20.8 Å². The summed E-state index contributed by atoms with van der Waals surface area (Å²) in [7, 11) is 0. The Morgan fingerprint density at radius 1 is 1.44 bits per heavy atom. The van der Waals surface area contributed by atoms with Crippen molar-refractivity contribution in [1.82, 2.24) is 9.97 Å². The highest BCUT2D eigenvalue weighted by molar-refractivity contribution is 5.49. The van der Waals surface area contributed by atoms with Crippen LogP contribution < -0.4 is 9.47 Å². The zero-order valence-corrected chi connectivity index (χ0v) is 9.34. The van der Waals surface area contributed by atoms with Crippen molar-refractivity contribution in [2.75, 3.05) is 6.61 Å². The molecule has 1 heterocycles. The standard InChI is InChI=1S/C9H13N3O4/c1-4-15-8-7(12(13)14)9(11-5-10-8)16-6(2)3/h5-6H,4H2,1-3H3. The minimum Gasteiger partial charge on any atom is -0.473 e. The Bertz CT molecular complexity index is 381. The van der Waals surface area contributed by atoms with Crippen LogP contribution in [0.1, 0.15) is 20.8 Å². The Kier molecular flexibility index (Phi) is 3.98. The van der Waals surface area contributed by atoms with Crippen molar-refractivity contribution in [3.05, 3.63) is 16.4 Å². The molecule has 0 fully saturated rings. The molecule has 88 valence electrons. The second-order valence-corrected chi connectivity index (χ2v) is 3.19. The fourth-order valence-electron chi connectivity index (χ4n) is 1.06. The molecule has 0 aliphatic carbocycles. The average molecular weight is 227 g/mol. The van der Waals surface area contributed by atoms with Gasteiger partial charge >= 0.3 is 17.4 Å². The number of hydrogen-bond donors (Lipinski definition) is 0. The molecule has 0 aliphatic heterocycles. The highest BCUT2D eigenvalue weighted by atomic mass is 16.6. The maximum Gasteiger partial charge on any atom is 0.392 e. The van der Waals surface area contributed by atoms with Crippen LogP contribution in [0.4, 0.5) is 5.69 Å². The van der Waals surface area contributed by atoms with Gasteiger partial charge in [-0.3, -0.25) is 10.1 Å². The van der Waals surface area contributed by atoms with E-state index in [1.807, 2.05) is 0 Å². The van der Waals surface area contributed by atoms with Gasteiger partial charge in [0, 0.05) is 0 Å². The van der Waals surface area contributed by atoms with E-state index < -0.39 is 4.92 Å². The van der Waals surface area contributed by atoms with Gasteiger partial charge in [0.05, 0.1) is 17.6 Å². The summed E-state index contributed by atoms with van der Waals surface area (Å²) in [5.41, 5.74) is -0.335. The minimum absolute atomic E-state index is 0.0709. The van der Waals surface area contributed by atoms with E-state index in [2.05, 4.69) is 9.97 Å². The Labute approximate surface area is 92.6 Å². The molecule has 0 aliphatic rings. The van der Waals surface area contributed by atoms with Gasteiger partial charge < -0.3 is 9.47 Å². The van der Waals surface area contributed by atoms with Crippen LogP contribution in [-0.4, -0.2) is 27.6 Å². The molecule has 0 saturated heterocycles. The molecule has 0 saturated carbocycles. The van der Waals surface area contributed by atoms with Gasteiger partial charge in [0.25, 0.3) is 0 Å². The van der Waals surface area contributed by atoms with Gasteiger partial charge in [-0.25, -0.2) is 0 Å². The summed E-state index contributed by atoms with van der Waals surface area (Å²) >= 11 is 0. The average Bonchev–Trinajstić information content (AvgIpc) is 2.16. The summed E-state index contributed by atoms with van der Waals surface area (Å²) < 4.78 is 10.3. The molecule has 7 heteroatoms. The lowest BCUT2D eigenvalue weighted by molar-refractivity contribution is -0.387. The number of hydrogen-bond acceptors (Lipinski definition) is 6. The Hall–Kier alpha value is -1.92. The minimum atomic E-state index is -0.608. The molecular weight excluding hydrogens is 214 g/mol. The van der Waals surface area contributed by atoms with Gasteiger partial charge in [-0.15, -0.1) is 0 Å². The summed E-state index contributed by atoms with van der Waals surface area (Å²) in [6.45, 7) is 5.52. The molecule has 0 amide bonds. The van der Waals surface area contributed by atoms with Crippen molar-refractivity contribution < 1.29 is 14.4 Å².